The van der Waals surface area contributed by atoms with Gasteiger partial charge in [-0.15, -0.1) is 0 Å². The van der Waals surface area contributed by atoms with Crippen LogP contribution in [0.1, 0.15) is 32.1 Å². The number of hydrogen-bond acceptors (Lipinski definition) is 1. The number of ether oxygens (including phenoxy) is 1. The maximum atomic E-state index is 5.36. The minimum atomic E-state index is 0.759. The van der Waals surface area contributed by atoms with Crippen molar-refractivity contribution in [3.8, 4) is 5.75 Å². The third-order valence-corrected chi connectivity index (χ3v) is 3.20. The van der Waals surface area contributed by atoms with Gasteiger partial charge in [-0.2, -0.15) is 0 Å². The second-order valence-electron chi connectivity index (χ2n) is 4.31. The van der Waals surface area contributed by atoms with E-state index < -0.39 is 0 Å². The number of benzene rings is 1. The van der Waals surface area contributed by atoms with Crippen LogP contribution in [0.3, 0.4) is 0 Å². The Balaban J connectivity index is 2.02. The van der Waals surface area contributed by atoms with E-state index in [0.717, 1.165) is 11.6 Å². The zero-order valence-corrected chi connectivity index (χ0v) is 9.41. The summed E-state index contributed by atoms with van der Waals surface area (Å²) in [5, 5.41) is 0. The van der Waals surface area contributed by atoms with Crippen LogP contribution < -0.4 is 10.2 Å². The number of rotatable bonds is 3. The lowest BCUT2D eigenvalue weighted by Crippen LogP contribution is -2.22. The van der Waals surface area contributed by atoms with Gasteiger partial charge in [0.2, 0.25) is 0 Å². The minimum absolute atomic E-state index is 0.759. The minimum Gasteiger partial charge on any atom is -0.497 e. The maximum Gasteiger partial charge on any atom is 0.160 e. The molecule has 0 saturated heterocycles. The maximum absolute atomic E-state index is 5.36. The van der Waals surface area contributed by atoms with E-state index in [1.807, 2.05) is 12.1 Å². The Morgan fingerprint density at radius 1 is 1.13 bits per heavy atom. The summed E-state index contributed by atoms with van der Waals surface area (Å²) in [4.78, 5) is 0. The standard InChI is InChI=1S/C13H18BO/c1-15-13-10-6-5-9-12(13)14-11-7-3-2-4-8-11/h5-6,9-11H,2-4,7-8H2,1H3. The molecule has 0 bridgehead atoms. The summed E-state index contributed by atoms with van der Waals surface area (Å²) in [6.45, 7) is 0. The van der Waals surface area contributed by atoms with Crippen LogP contribution in [0.15, 0.2) is 24.3 Å². The molecule has 0 aromatic heterocycles. The number of hydrogen-bond donors (Lipinski definition) is 0. The fraction of sp³-hybridized carbons (Fsp3) is 0.538. The summed E-state index contributed by atoms with van der Waals surface area (Å²) in [6.07, 6.45) is 6.87. The van der Waals surface area contributed by atoms with Crippen molar-refractivity contribution in [2.75, 3.05) is 7.11 Å². The Morgan fingerprint density at radius 2 is 1.87 bits per heavy atom. The fourth-order valence-electron chi connectivity index (χ4n) is 2.36. The third-order valence-electron chi connectivity index (χ3n) is 3.20. The number of methoxy groups -OCH3 is 1. The van der Waals surface area contributed by atoms with Gasteiger partial charge >= 0.3 is 0 Å². The highest BCUT2D eigenvalue weighted by Gasteiger charge is 2.16. The van der Waals surface area contributed by atoms with E-state index >= 15 is 0 Å². The molecule has 79 valence electrons. The predicted octanol–water partition coefficient (Wildman–Crippen LogP) is 2.78. The molecule has 0 N–H and O–H groups in total. The smallest absolute Gasteiger partial charge is 0.160 e. The first kappa shape index (κ1) is 10.6. The fourth-order valence-corrected chi connectivity index (χ4v) is 2.36. The molecule has 0 heterocycles. The molecule has 1 aliphatic carbocycles. The highest BCUT2D eigenvalue weighted by atomic mass is 16.5. The van der Waals surface area contributed by atoms with E-state index in [2.05, 4.69) is 19.4 Å². The Bertz CT molecular complexity index is 305. The van der Waals surface area contributed by atoms with Crippen molar-refractivity contribution in [3.63, 3.8) is 0 Å². The molecule has 0 amide bonds. The molecule has 1 aliphatic rings. The molecule has 15 heavy (non-hydrogen) atoms. The van der Waals surface area contributed by atoms with E-state index in [1.165, 1.54) is 37.6 Å². The van der Waals surface area contributed by atoms with Crippen molar-refractivity contribution in [2.45, 2.75) is 37.9 Å². The molecule has 0 spiro atoms. The summed E-state index contributed by atoms with van der Waals surface area (Å²) in [5.41, 5.74) is 1.26. The average molecular weight is 201 g/mol. The van der Waals surface area contributed by atoms with Gasteiger partial charge in [0.1, 0.15) is 5.75 Å². The van der Waals surface area contributed by atoms with E-state index in [1.54, 1.807) is 7.11 Å². The lowest BCUT2D eigenvalue weighted by Gasteiger charge is -2.21. The Labute approximate surface area is 93.1 Å². The van der Waals surface area contributed by atoms with Gasteiger partial charge in [0.25, 0.3) is 0 Å². The summed E-state index contributed by atoms with van der Waals surface area (Å²) in [6, 6.07) is 8.29. The van der Waals surface area contributed by atoms with Crippen LogP contribution in [0.2, 0.25) is 5.82 Å². The van der Waals surface area contributed by atoms with Crippen molar-refractivity contribution < 1.29 is 4.74 Å². The van der Waals surface area contributed by atoms with E-state index in [-0.39, 0.29) is 0 Å². The molecule has 2 rings (SSSR count). The van der Waals surface area contributed by atoms with Gasteiger partial charge in [0.15, 0.2) is 7.28 Å². The lowest BCUT2D eigenvalue weighted by molar-refractivity contribution is 0.418. The second kappa shape index (κ2) is 5.25. The first-order chi connectivity index (χ1) is 7.40. The topological polar surface area (TPSA) is 9.23 Å². The zero-order chi connectivity index (χ0) is 10.5. The molecular formula is C13H18BO. The molecule has 0 aliphatic heterocycles. The van der Waals surface area contributed by atoms with E-state index in [0.29, 0.717) is 0 Å². The molecule has 1 fully saturated rings. The molecule has 0 atom stereocenters. The highest BCUT2D eigenvalue weighted by molar-refractivity contribution is 6.56. The molecular weight excluding hydrogens is 183 g/mol. The van der Waals surface area contributed by atoms with Crippen molar-refractivity contribution in [1.29, 1.82) is 0 Å². The van der Waals surface area contributed by atoms with Gasteiger partial charge in [0, 0.05) is 0 Å². The van der Waals surface area contributed by atoms with Gasteiger partial charge in [-0.25, -0.2) is 0 Å². The molecule has 0 unspecified atom stereocenters. The Morgan fingerprint density at radius 3 is 2.60 bits per heavy atom. The van der Waals surface area contributed by atoms with Crippen LogP contribution in [0.4, 0.5) is 0 Å². The van der Waals surface area contributed by atoms with Gasteiger partial charge in [0.05, 0.1) is 7.11 Å². The van der Waals surface area contributed by atoms with Crippen LogP contribution in [0.25, 0.3) is 0 Å². The predicted molar refractivity (Wildman–Crippen MR) is 65.2 cm³/mol. The quantitative estimate of drug-likeness (QED) is 0.683. The van der Waals surface area contributed by atoms with Crippen molar-refractivity contribution in [2.24, 2.45) is 0 Å². The Kier molecular flexibility index (Phi) is 3.71. The third kappa shape index (κ3) is 2.77. The van der Waals surface area contributed by atoms with Gasteiger partial charge < -0.3 is 4.74 Å². The average Bonchev–Trinajstić information content (AvgIpc) is 2.31. The van der Waals surface area contributed by atoms with Crippen LogP contribution >= 0.6 is 0 Å². The molecule has 1 aromatic rings. The normalized spacial score (nSPS) is 17.4. The Hall–Kier alpha value is -0.915. The summed E-state index contributed by atoms with van der Waals surface area (Å²) >= 11 is 0. The zero-order valence-electron chi connectivity index (χ0n) is 9.41. The van der Waals surface area contributed by atoms with Crippen LogP contribution in [-0.4, -0.2) is 14.4 Å². The SMILES string of the molecule is COc1ccccc1[B]C1CCCCC1. The molecule has 1 aromatic carbocycles. The number of para-hydroxylation sites is 1. The molecule has 1 nitrogen and oxygen atoms in total. The van der Waals surface area contributed by atoms with Crippen LogP contribution in [-0.2, 0) is 0 Å². The van der Waals surface area contributed by atoms with Crippen LogP contribution in [0, 0.1) is 0 Å². The van der Waals surface area contributed by atoms with E-state index in [9.17, 15) is 0 Å². The summed E-state index contributed by atoms with van der Waals surface area (Å²) in [7, 11) is 4.13. The van der Waals surface area contributed by atoms with E-state index in [4.69, 9.17) is 4.74 Å². The molecule has 1 radical (unpaired) electrons. The van der Waals surface area contributed by atoms with Crippen molar-refractivity contribution in [1.82, 2.24) is 0 Å². The molecule has 1 saturated carbocycles. The molecule has 2 heteroatoms. The van der Waals surface area contributed by atoms with Gasteiger partial charge in [-0.3, -0.25) is 0 Å². The summed E-state index contributed by atoms with van der Waals surface area (Å²) in [5.74, 6) is 1.76. The first-order valence-corrected chi connectivity index (χ1v) is 5.88. The second-order valence-corrected chi connectivity index (χ2v) is 4.31. The largest absolute Gasteiger partial charge is 0.497 e. The van der Waals surface area contributed by atoms with Crippen molar-refractivity contribution >= 4 is 12.7 Å². The van der Waals surface area contributed by atoms with Gasteiger partial charge in [-0.1, -0.05) is 56.1 Å². The first-order valence-electron chi connectivity index (χ1n) is 5.88. The van der Waals surface area contributed by atoms with Gasteiger partial charge in [-0.05, 0) is 11.5 Å². The monoisotopic (exact) mass is 201 g/mol. The lowest BCUT2D eigenvalue weighted by atomic mass is 9.54. The highest BCUT2D eigenvalue weighted by Crippen LogP contribution is 2.28. The van der Waals surface area contributed by atoms with Crippen molar-refractivity contribution in [3.05, 3.63) is 24.3 Å². The summed E-state index contributed by atoms with van der Waals surface area (Å²) < 4.78 is 5.36. The van der Waals surface area contributed by atoms with Crippen LogP contribution in [0.5, 0.6) is 5.75 Å².